The van der Waals surface area contributed by atoms with Crippen molar-refractivity contribution in [3.63, 3.8) is 0 Å². The van der Waals surface area contributed by atoms with Crippen LogP contribution in [0.2, 0.25) is 0 Å². The maximum Gasteiger partial charge on any atom is 0.442 e. The molecule has 4 aromatic rings. The lowest BCUT2D eigenvalue weighted by molar-refractivity contribution is 0.377. The molecule has 0 radical (unpaired) electrons. The van der Waals surface area contributed by atoms with Gasteiger partial charge in [0.2, 0.25) is 10.0 Å². The van der Waals surface area contributed by atoms with Gasteiger partial charge in [-0.25, -0.2) is 27.1 Å². The molecule has 0 amide bonds. The van der Waals surface area contributed by atoms with Crippen molar-refractivity contribution in [2.24, 2.45) is 0 Å². The zero-order valence-corrected chi connectivity index (χ0v) is 18.5. The topological polar surface area (TPSA) is 103 Å². The Hall–Kier alpha value is -3.24. The van der Waals surface area contributed by atoms with Crippen molar-refractivity contribution in [2.75, 3.05) is 14.1 Å². The Balaban J connectivity index is 1.83. The second-order valence-corrected chi connectivity index (χ2v) is 9.54. The van der Waals surface area contributed by atoms with E-state index in [4.69, 9.17) is 4.52 Å². The van der Waals surface area contributed by atoms with E-state index < -0.39 is 15.8 Å². The number of sulfonamides is 1. The van der Waals surface area contributed by atoms with Crippen LogP contribution >= 0.6 is 0 Å². The van der Waals surface area contributed by atoms with Gasteiger partial charge in [-0.1, -0.05) is 29.4 Å². The molecular weight excluding hydrogens is 418 g/mol. The summed E-state index contributed by atoms with van der Waals surface area (Å²) in [6.45, 7) is 4.65. The molecule has 0 aliphatic carbocycles. The molecule has 0 atom stereocenters. The third kappa shape index (κ3) is 3.57. The zero-order valence-electron chi connectivity index (χ0n) is 17.7. The third-order valence-corrected chi connectivity index (χ3v) is 7.08. The molecule has 0 bridgehead atoms. The first-order valence-electron chi connectivity index (χ1n) is 9.78. The summed E-state index contributed by atoms with van der Waals surface area (Å²) in [7, 11) is -0.605. The molecule has 2 heterocycles. The largest absolute Gasteiger partial charge is 0.442 e. The van der Waals surface area contributed by atoms with E-state index in [1.165, 1.54) is 18.7 Å². The Morgan fingerprint density at radius 3 is 2.52 bits per heavy atom. The monoisotopic (exact) mass is 441 g/mol. The van der Waals surface area contributed by atoms with Crippen molar-refractivity contribution in [2.45, 2.75) is 31.8 Å². The highest BCUT2D eigenvalue weighted by Crippen LogP contribution is 2.24. The molecule has 0 saturated carbocycles. The summed E-state index contributed by atoms with van der Waals surface area (Å²) in [5.74, 6) is 0.453. The van der Waals surface area contributed by atoms with Crippen LogP contribution in [0.3, 0.4) is 0 Å². The molecule has 10 heteroatoms. The summed E-state index contributed by atoms with van der Waals surface area (Å²) in [4.78, 5) is 17.2. The van der Waals surface area contributed by atoms with Gasteiger partial charge in [0.1, 0.15) is 5.82 Å². The SMILES string of the molecule is CCn1c(Cn2c(-c3ccccc3C)noc2=O)nc2cc(S(=O)(=O)N(C)C)ccc21. The zero-order chi connectivity index (χ0) is 22.3. The van der Waals surface area contributed by atoms with E-state index in [2.05, 4.69) is 10.1 Å². The number of hydrogen-bond acceptors (Lipinski definition) is 6. The van der Waals surface area contributed by atoms with Gasteiger partial charge in [0.25, 0.3) is 0 Å². The second-order valence-electron chi connectivity index (χ2n) is 7.38. The Kier molecular flexibility index (Phi) is 5.28. The fourth-order valence-corrected chi connectivity index (χ4v) is 4.49. The Morgan fingerprint density at radius 1 is 1.10 bits per heavy atom. The van der Waals surface area contributed by atoms with Crippen LogP contribution < -0.4 is 5.76 Å². The fraction of sp³-hybridized carbons (Fsp3) is 0.286. The first-order valence-corrected chi connectivity index (χ1v) is 11.2. The summed E-state index contributed by atoms with van der Waals surface area (Å²) in [5.41, 5.74) is 3.10. The first-order chi connectivity index (χ1) is 14.7. The van der Waals surface area contributed by atoms with Crippen molar-refractivity contribution in [1.29, 1.82) is 0 Å². The van der Waals surface area contributed by atoms with Crippen molar-refractivity contribution in [3.8, 4) is 11.4 Å². The van der Waals surface area contributed by atoms with Gasteiger partial charge < -0.3 is 4.57 Å². The van der Waals surface area contributed by atoms with Gasteiger partial charge in [-0.2, -0.15) is 0 Å². The molecule has 4 rings (SSSR count). The fourth-order valence-electron chi connectivity index (χ4n) is 3.57. The summed E-state index contributed by atoms with van der Waals surface area (Å²) < 4.78 is 34.5. The molecule has 0 fully saturated rings. The van der Waals surface area contributed by atoms with E-state index in [-0.39, 0.29) is 11.4 Å². The predicted octanol–water partition coefficient (Wildman–Crippen LogP) is 2.48. The first kappa shape index (κ1) is 21.0. The molecule has 31 heavy (non-hydrogen) atoms. The van der Waals surface area contributed by atoms with Crippen LogP contribution in [0.25, 0.3) is 22.4 Å². The maximum atomic E-state index is 12.5. The Morgan fingerprint density at radius 2 is 1.84 bits per heavy atom. The molecule has 0 aliphatic heterocycles. The molecule has 0 saturated heterocycles. The minimum atomic E-state index is -3.58. The Bertz CT molecular complexity index is 1430. The quantitative estimate of drug-likeness (QED) is 0.455. The normalized spacial score (nSPS) is 12.2. The highest BCUT2D eigenvalue weighted by Gasteiger charge is 2.21. The average Bonchev–Trinajstić information content (AvgIpc) is 3.27. The van der Waals surface area contributed by atoms with Crippen LogP contribution in [0, 0.1) is 6.92 Å². The lowest BCUT2D eigenvalue weighted by Crippen LogP contribution is -2.22. The summed E-state index contributed by atoms with van der Waals surface area (Å²) >= 11 is 0. The van der Waals surface area contributed by atoms with Gasteiger partial charge in [0.05, 0.1) is 22.5 Å². The summed E-state index contributed by atoms with van der Waals surface area (Å²) in [6, 6.07) is 12.5. The van der Waals surface area contributed by atoms with Crippen molar-refractivity contribution >= 4 is 21.1 Å². The molecule has 0 spiro atoms. The minimum Gasteiger partial charge on any atom is -0.327 e. The van der Waals surface area contributed by atoms with Gasteiger partial charge >= 0.3 is 5.76 Å². The van der Waals surface area contributed by atoms with Crippen LogP contribution in [0.5, 0.6) is 0 Å². The third-order valence-electron chi connectivity index (χ3n) is 5.27. The van der Waals surface area contributed by atoms with Crippen molar-refractivity contribution in [3.05, 3.63) is 64.4 Å². The van der Waals surface area contributed by atoms with E-state index in [9.17, 15) is 13.2 Å². The van der Waals surface area contributed by atoms with E-state index in [0.717, 1.165) is 20.9 Å². The molecule has 2 aromatic carbocycles. The number of benzene rings is 2. The minimum absolute atomic E-state index is 0.143. The number of rotatable bonds is 6. The van der Waals surface area contributed by atoms with Gasteiger partial charge in [-0.3, -0.25) is 4.52 Å². The smallest absolute Gasteiger partial charge is 0.327 e. The van der Waals surface area contributed by atoms with Crippen LogP contribution in [-0.2, 0) is 23.1 Å². The van der Waals surface area contributed by atoms with Crippen LogP contribution in [0.15, 0.2) is 56.7 Å². The molecule has 2 aromatic heterocycles. The van der Waals surface area contributed by atoms with Crippen molar-refractivity contribution < 1.29 is 12.9 Å². The van der Waals surface area contributed by atoms with Crippen molar-refractivity contribution in [1.82, 2.24) is 23.6 Å². The number of imidazole rings is 1. The maximum absolute atomic E-state index is 12.5. The molecule has 0 unspecified atom stereocenters. The van der Waals surface area contributed by atoms with Crippen LogP contribution in [0.1, 0.15) is 18.3 Å². The van der Waals surface area contributed by atoms with Crippen LogP contribution in [-0.4, -0.2) is 46.1 Å². The Labute approximate surface area is 179 Å². The predicted molar refractivity (Wildman–Crippen MR) is 116 cm³/mol. The highest BCUT2D eigenvalue weighted by molar-refractivity contribution is 7.89. The lowest BCUT2D eigenvalue weighted by atomic mass is 10.1. The average molecular weight is 442 g/mol. The van der Waals surface area contributed by atoms with Gasteiger partial charge in [-0.15, -0.1) is 0 Å². The molecule has 9 nitrogen and oxygen atoms in total. The molecule has 162 valence electrons. The summed E-state index contributed by atoms with van der Waals surface area (Å²) in [6.07, 6.45) is 0. The van der Waals surface area contributed by atoms with Gasteiger partial charge in [-0.05, 0) is 37.6 Å². The number of aromatic nitrogens is 4. The highest BCUT2D eigenvalue weighted by atomic mass is 32.2. The summed E-state index contributed by atoms with van der Waals surface area (Å²) in [5, 5.41) is 3.97. The second kappa shape index (κ2) is 7.78. The van der Waals surface area contributed by atoms with Gasteiger partial charge in [0, 0.05) is 26.2 Å². The van der Waals surface area contributed by atoms with Crippen LogP contribution in [0.4, 0.5) is 0 Å². The molecular formula is C21H23N5O4S. The molecule has 0 aliphatic rings. The van der Waals surface area contributed by atoms with E-state index in [1.807, 2.05) is 42.7 Å². The molecule has 0 N–H and O–H groups in total. The number of hydrogen-bond donors (Lipinski definition) is 0. The number of fused-ring (bicyclic) bond motifs is 1. The van der Waals surface area contributed by atoms with E-state index in [1.54, 1.807) is 18.2 Å². The lowest BCUT2D eigenvalue weighted by Gasteiger charge is -2.11. The van der Waals surface area contributed by atoms with E-state index >= 15 is 0 Å². The number of aryl methyl sites for hydroxylation is 2. The standard InChI is InChI=1S/C21H23N5O4S/c1-5-25-18-11-10-15(31(28,29)24(3)4)12-17(18)22-19(25)13-26-20(23-30-21(26)27)16-9-7-6-8-14(16)2/h6-12H,5,13H2,1-4H3. The number of nitrogens with zero attached hydrogens (tertiary/aromatic N) is 5. The van der Waals surface area contributed by atoms with Gasteiger partial charge in [0.15, 0.2) is 5.82 Å². The van der Waals surface area contributed by atoms with E-state index in [0.29, 0.717) is 23.7 Å².